The second kappa shape index (κ2) is 7.47. The average Bonchev–Trinajstić information content (AvgIpc) is 2.36. The summed E-state index contributed by atoms with van der Waals surface area (Å²) in [4.78, 5) is 38.0. The van der Waals surface area contributed by atoms with Crippen molar-refractivity contribution in [3.8, 4) is 0 Å². The molecule has 0 saturated carbocycles. The Balaban J connectivity index is 3.13. The molecule has 1 fully saturated rings. The van der Waals surface area contributed by atoms with Gasteiger partial charge in [-0.1, -0.05) is 0 Å². The molecule has 0 aromatic carbocycles. The molecule has 3 amide bonds. The van der Waals surface area contributed by atoms with E-state index in [2.05, 4.69) is 0 Å². The van der Waals surface area contributed by atoms with Crippen molar-refractivity contribution in [2.75, 3.05) is 13.1 Å². The number of carboxylic acid groups (broad SMARTS) is 1. The minimum atomic E-state index is -1.19. The molecule has 0 aliphatic carbocycles. The van der Waals surface area contributed by atoms with Gasteiger partial charge in [0.2, 0.25) is 0 Å². The number of ether oxygens (including phenoxy) is 2. The lowest BCUT2D eigenvalue weighted by Crippen LogP contribution is -2.60. The summed E-state index contributed by atoms with van der Waals surface area (Å²) >= 11 is 0. The average molecular weight is 360 g/mol. The zero-order valence-electron chi connectivity index (χ0n) is 15.6. The molecule has 1 aliphatic heterocycles. The van der Waals surface area contributed by atoms with Crippen molar-refractivity contribution < 1.29 is 34.1 Å². The van der Waals surface area contributed by atoms with E-state index >= 15 is 0 Å². The molecule has 0 aromatic heterocycles. The lowest BCUT2D eigenvalue weighted by Gasteiger charge is -2.40. The first-order chi connectivity index (χ1) is 11.2. The molecule has 144 valence electrons. The van der Waals surface area contributed by atoms with Gasteiger partial charge < -0.3 is 24.6 Å². The lowest BCUT2D eigenvalue weighted by atomic mass is 10.0. The molecule has 0 radical (unpaired) electrons. The maximum atomic E-state index is 12.5. The fourth-order valence-electron chi connectivity index (χ4n) is 2.31. The second-order valence-electron chi connectivity index (χ2n) is 7.98. The zero-order valence-corrected chi connectivity index (χ0v) is 15.6. The summed E-state index contributed by atoms with van der Waals surface area (Å²) in [5.41, 5.74) is -1.74. The topological polar surface area (TPSA) is 117 Å². The largest absolute Gasteiger partial charge is 0.465 e. The second-order valence-corrected chi connectivity index (χ2v) is 7.98. The minimum Gasteiger partial charge on any atom is -0.465 e. The van der Waals surface area contributed by atoms with Gasteiger partial charge in [0.25, 0.3) is 0 Å². The minimum absolute atomic E-state index is 0.0963. The Morgan fingerprint density at radius 3 is 1.80 bits per heavy atom. The molecule has 2 N–H and O–H groups in total. The Kier molecular flexibility index (Phi) is 6.28. The van der Waals surface area contributed by atoms with Crippen molar-refractivity contribution >= 4 is 18.3 Å². The van der Waals surface area contributed by atoms with Crippen molar-refractivity contribution in [3.63, 3.8) is 0 Å². The number of hydrogen-bond donors (Lipinski definition) is 2. The molecule has 1 aliphatic rings. The van der Waals surface area contributed by atoms with Gasteiger partial charge in [-0.25, -0.2) is 19.3 Å². The van der Waals surface area contributed by atoms with Gasteiger partial charge in [0.1, 0.15) is 11.2 Å². The van der Waals surface area contributed by atoms with E-state index < -0.39 is 41.6 Å². The van der Waals surface area contributed by atoms with Crippen LogP contribution in [0.15, 0.2) is 0 Å². The monoisotopic (exact) mass is 360 g/mol. The van der Waals surface area contributed by atoms with E-state index in [0.717, 1.165) is 4.90 Å². The van der Waals surface area contributed by atoms with E-state index in [1.807, 2.05) is 0 Å². The molecule has 0 bridgehead atoms. The summed E-state index contributed by atoms with van der Waals surface area (Å²) in [7, 11) is 0. The Hall–Kier alpha value is -2.03. The fraction of sp³-hybridized carbons (Fsp3) is 0.812. The van der Waals surface area contributed by atoms with Gasteiger partial charge in [-0.05, 0) is 48.0 Å². The van der Waals surface area contributed by atoms with Crippen LogP contribution in [0.5, 0.6) is 0 Å². The Morgan fingerprint density at radius 2 is 1.44 bits per heavy atom. The smallest absolute Gasteiger partial charge is 0.420 e. The van der Waals surface area contributed by atoms with Crippen LogP contribution in [0.4, 0.5) is 14.4 Å². The van der Waals surface area contributed by atoms with Crippen LogP contribution in [-0.4, -0.2) is 74.7 Å². The maximum absolute atomic E-state index is 12.5. The number of nitrogens with zero attached hydrogens (tertiary/aromatic N) is 2. The molecule has 9 nitrogen and oxygen atoms in total. The van der Waals surface area contributed by atoms with E-state index in [1.165, 1.54) is 0 Å². The summed E-state index contributed by atoms with van der Waals surface area (Å²) in [6.07, 6.45) is -4.14. The molecule has 9 heteroatoms. The highest BCUT2D eigenvalue weighted by atomic mass is 16.6. The van der Waals surface area contributed by atoms with Crippen molar-refractivity contribution in [1.82, 2.24) is 9.80 Å². The van der Waals surface area contributed by atoms with Gasteiger partial charge in [0, 0.05) is 13.1 Å². The van der Waals surface area contributed by atoms with Gasteiger partial charge in [-0.3, -0.25) is 0 Å². The standard InChI is InChI=1S/C16H28N2O7/c1-15(2,3)24-13(22)18(14(23)25-16(4,5)6)10-9-17(12(20)21)8-7-11(10)19/h10-11,19H,7-9H2,1-6H3,(H,20,21). The van der Waals surface area contributed by atoms with Crippen molar-refractivity contribution in [1.29, 1.82) is 0 Å². The normalized spacial score (nSPS) is 21.5. The van der Waals surface area contributed by atoms with E-state index in [4.69, 9.17) is 14.6 Å². The number of carbonyl (C=O) groups excluding carboxylic acids is 2. The predicted molar refractivity (Wildman–Crippen MR) is 88.3 cm³/mol. The van der Waals surface area contributed by atoms with Gasteiger partial charge in [0.05, 0.1) is 12.1 Å². The van der Waals surface area contributed by atoms with Gasteiger partial charge in [-0.15, -0.1) is 0 Å². The molecular formula is C16H28N2O7. The Labute approximate surface area is 147 Å². The number of imide groups is 1. The SMILES string of the molecule is CC(C)(C)OC(=O)N(C(=O)OC(C)(C)C)C1CN(C(=O)O)CCC1O. The molecule has 1 rings (SSSR count). The first kappa shape index (κ1) is 21.0. The number of likely N-dealkylation sites (tertiary alicyclic amines) is 1. The van der Waals surface area contributed by atoms with E-state index in [1.54, 1.807) is 41.5 Å². The number of carbonyl (C=O) groups is 3. The van der Waals surface area contributed by atoms with Gasteiger partial charge in [0.15, 0.2) is 0 Å². The molecule has 0 spiro atoms. The Morgan fingerprint density at radius 1 is 1.00 bits per heavy atom. The molecule has 0 aromatic rings. The highest BCUT2D eigenvalue weighted by molar-refractivity contribution is 5.89. The van der Waals surface area contributed by atoms with Crippen LogP contribution >= 0.6 is 0 Å². The van der Waals surface area contributed by atoms with E-state index in [0.29, 0.717) is 4.90 Å². The first-order valence-corrected chi connectivity index (χ1v) is 8.12. The summed E-state index contributed by atoms with van der Waals surface area (Å²) in [6, 6.07) is -1.09. The van der Waals surface area contributed by atoms with E-state index in [9.17, 15) is 19.5 Å². The van der Waals surface area contributed by atoms with Crippen LogP contribution in [0.25, 0.3) is 0 Å². The lowest BCUT2D eigenvalue weighted by molar-refractivity contribution is -0.0411. The molecule has 2 atom stereocenters. The Bertz CT molecular complexity index is 494. The highest BCUT2D eigenvalue weighted by Crippen LogP contribution is 2.22. The molecule has 1 saturated heterocycles. The third-order valence-corrected chi connectivity index (χ3v) is 3.33. The third-order valence-electron chi connectivity index (χ3n) is 3.33. The van der Waals surface area contributed by atoms with Gasteiger partial charge >= 0.3 is 18.3 Å². The molecule has 1 heterocycles. The maximum Gasteiger partial charge on any atom is 0.420 e. The summed E-state index contributed by atoms with van der Waals surface area (Å²) in [6.45, 7) is 9.73. The number of hydrogen-bond acceptors (Lipinski definition) is 6. The van der Waals surface area contributed by atoms with Crippen LogP contribution in [0.2, 0.25) is 0 Å². The van der Waals surface area contributed by atoms with Crippen molar-refractivity contribution in [3.05, 3.63) is 0 Å². The quantitative estimate of drug-likeness (QED) is 0.736. The van der Waals surface area contributed by atoms with Crippen molar-refractivity contribution in [2.45, 2.75) is 71.3 Å². The molecule has 2 unspecified atom stereocenters. The fourth-order valence-corrected chi connectivity index (χ4v) is 2.31. The van der Waals surface area contributed by atoms with Crippen LogP contribution in [0.3, 0.4) is 0 Å². The summed E-state index contributed by atoms with van der Waals surface area (Å²) in [5.74, 6) is 0. The van der Waals surface area contributed by atoms with Crippen LogP contribution < -0.4 is 0 Å². The van der Waals surface area contributed by atoms with E-state index in [-0.39, 0.29) is 19.5 Å². The summed E-state index contributed by atoms with van der Waals surface area (Å²) < 4.78 is 10.5. The molecular weight excluding hydrogens is 332 g/mol. The van der Waals surface area contributed by atoms with Crippen molar-refractivity contribution in [2.24, 2.45) is 0 Å². The van der Waals surface area contributed by atoms with Gasteiger partial charge in [-0.2, -0.15) is 0 Å². The zero-order chi connectivity index (χ0) is 19.6. The molecule has 25 heavy (non-hydrogen) atoms. The highest BCUT2D eigenvalue weighted by Gasteiger charge is 2.43. The number of amides is 3. The number of piperidine rings is 1. The van der Waals surface area contributed by atoms with Crippen LogP contribution in [0.1, 0.15) is 48.0 Å². The third kappa shape index (κ3) is 6.41. The number of aliphatic hydroxyl groups is 1. The first-order valence-electron chi connectivity index (χ1n) is 8.12. The predicted octanol–water partition coefficient (Wildman–Crippen LogP) is 2.27. The van der Waals surface area contributed by atoms with Crippen LogP contribution in [0, 0.1) is 0 Å². The number of rotatable bonds is 1. The summed E-state index contributed by atoms with van der Waals surface area (Å²) in [5, 5.41) is 19.4. The van der Waals surface area contributed by atoms with Crippen LogP contribution in [-0.2, 0) is 9.47 Å². The number of aliphatic hydroxyl groups excluding tert-OH is 1.